The van der Waals surface area contributed by atoms with E-state index >= 15 is 0 Å². The minimum Gasteiger partial charge on any atom is -0.457 e. The molecule has 4 heterocycles. The Morgan fingerprint density at radius 2 is 1.11 bits per heavy atom. The molecule has 6 aromatic carbocycles. The van der Waals surface area contributed by atoms with E-state index in [-0.39, 0.29) is 0 Å². The molecule has 4 aromatic heterocycles. The minimum atomic E-state index is 0.342. The number of benzene rings is 6. The monoisotopic (exact) mass is 813 g/mol. The van der Waals surface area contributed by atoms with E-state index in [2.05, 4.69) is 203 Å². The van der Waals surface area contributed by atoms with Gasteiger partial charge in [0.05, 0.1) is 34.1 Å². The number of hydrogen-bond donors (Lipinski definition) is 0. The Morgan fingerprint density at radius 1 is 0.532 bits per heavy atom. The van der Waals surface area contributed by atoms with Crippen molar-refractivity contribution in [1.29, 1.82) is 0 Å². The highest BCUT2D eigenvalue weighted by Crippen LogP contribution is 2.41. The highest BCUT2D eigenvalue weighted by Gasteiger charge is 2.23. The van der Waals surface area contributed by atoms with Gasteiger partial charge in [-0.25, -0.2) is 9.97 Å². The summed E-state index contributed by atoms with van der Waals surface area (Å²) in [4.78, 5) is 10.3. The molecule has 0 bridgehead atoms. The average molecular weight is 814 g/mol. The van der Waals surface area contributed by atoms with Crippen molar-refractivity contribution < 1.29 is 4.74 Å². The zero-order valence-electron chi connectivity index (χ0n) is 37.1. The number of pyridine rings is 1. The lowest BCUT2D eigenvalue weighted by molar-refractivity contribution is 0.484. The van der Waals surface area contributed by atoms with Crippen LogP contribution in [0.25, 0.3) is 72.0 Å². The first-order valence-corrected chi connectivity index (χ1v) is 22.4. The molecule has 0 aliphatic heterocycles. The molecule has 10 aromatic rings. The van der Waals surface area contributed by atoms with Crippen molar-refractivity contribution in [3.8, 4) is 34.4 Å². The van der Waals surface area contributed by atoms with E-state index < -0.39 is 0 Å². The van der Waals surface area contributed by atoms with E-state index in [1.165, 1.54) is 44.3 Å². The summed E-state index contributed by atoms with van der Waals surface area (Å²) in [5, 5.41) is 5.72. The van der Waals surface area contributed by atoms with Crippen molar-refractivity contribution >= 4 is 49.1 Å². The standard InChI is InChI=1S/C56H55N5O/c1-34(2)29-38-15-13-16-39(30-35(3)4)53(38)52-33-58-55-48-31-40(23-25-44(48)45-17-9-11-21-49(45)60(52)55)62-41-24-26-47-46-18-10-12-22-50(46)61(51(47)32-41)56-57-27-28-59(56)54-42(36(5)6)19-14-20-43(54)37(7)8/h9-28,31-37H,29-30H2,1-8H3. The van der Waals surface area contributed by atoms with Crippen LogP contribution in [0.5, 0.6) is 11.5 Å². The van der Waals surface area contributed by atoms with Gasteiger partial charge in [0.1, 0.15) is 17.1 Å². The fraction of sp³-hybridized carbons (Fsp3) is 0.250. The fourth-order valence-corrected chi connectivity index (χ4v) is 9.86. The quantitative estimate of drug-likeness (QED) is 0.122. The second-order valence-electron chi connectivity index (χ2n) is 18.5. The molecule has 0 amide bonds. The summed E-state index contributed by atoms with van der Waals surface area (Å²) in [7, 11) is 0. The molecule has 0 unspecified atom stereocenters. The molecule has 0 fully saturated rings. The van der Waals surface area contributed by atoms with E-state index in [1.807, 2.05) is 6.20 Å². The average Bonchev–Trinajstić information content (AvgIpc) is 3.99. The Morgan fingerprint density at radius 3 is 1.77 bits per heavy atom. The second kappa shape index (κ2) is 15.7. The van der Waals surface area contributed by atoms with Crippen LogP contribution in [0, 0.1) is 11.8 Å². The molecule has 310 valence electrons. The van der Waals surface area contributed by atoms with Gasteiger partial charge < -0.3 is 4.74 Å². The number of imidazole rings is 2. The number of para-hydroxylation sites is 3. The zero-order valence-corrected chi connectivity index (χ0v) is 37.1. The molecule has 0 radical (unpaired) electrons. The lowest BCUT2D eigenvalue weighted by atomic mass is 9.89. The van der Waals surface area contributed by atoms with E-state index in [0.29, 0.717) is 23.7 Å². The summed E-state index contributed by atoms with van der Waals surface area (Å²) in [5.41, 5.74) is 13.2. The van der Waals surface area contributed by atoms with Crippen molar-refractivity contribution in [1.82, 2.24) is 23.5 Å². The summed E-state index contributed by atoms with van der Waals surface area (Å²) in [5.74, 6) is 4.11. The van der Waals surface area contributed by atoms with E-state index in [9.17, 15) is 0 Å². The smallest absolute Gasteiger partial charge is 0.219 e. The van der Waals surface area contributed by atoms with Crippen LogP contribution in [0.3, 0.4) is 0 Å². The van der Waals surface area contributed by atoms with Crippen molar-refractivity contribution in [3.05, 3.63) is 162 Å². The molecule has 0 atom stereocenters. The number of ether oxygens (including phenoxy) is 1. The van der Waals surface area contributed by atoms with Gasteiger partial charge in [0.25, 0.3) is 0 Å². The SMILES string of the molecule is CC(C)Cc1cccc(CC(C)C)c1-c1cnc2c3cc(Oc4ccc5c6ccccc6n(-c6nccn6-c6c(C(C)C)cccc6C(C)C)c5c4)ccc3c3ccccc3n12. The first kappa shape index (κ1) is 39.5. The topological polar surface area (TPSA) is 49.3 Å². The lowest BCUT2D eigenvalue weighted by Gasteiger charge is -2.22. The maximum absolute atomic E-state index is 6.88. The van der Waals surface area contributed by atoms with Gasteiger partial charge in [0, 0.05) is 45.6 Å². The Labute approximate surface area is 364 Å². The Hall–Kier alpha value is -6.66. The number of hydrogen-bond acceptors (Lipinski definition) is 3. The van der Waals surface area contributed by atoms with Crippen LogP contribution in [0.1, 0.15) is 89.5 Å². The summed E-state index contributed by atoms with van der Waals surface area (Å²) in [6.45, 7) is 18.3. The van der Waals surface area contributed by atoms with E-state index in [1.54, 1.807) is 0 Å². The summed E-state index contributed by atoms with van der Waals surface area (Å²) in [6, 6.07) is 43.8. The molecule has 0 saturated carbocycles. The van der Waals surface area contributed by atoms with Crippen LogP contribution in [0.15, 0.2) is 140 Å². The summed E-state index contributed by atoms with van der Waals surface area (Å²) < 4.78 is 13.9. The van der Waals surface area contributed by atoms with Crippen LogP contribution in [0.4, 0.5) is 0 Å². The predicted molar refractivity (Wildman–Crippen MR) is 259 cm³/mol. The molecule has 0 aliphatic rings. The third-order valence-electron chi connectivity index (χ3n) is 12.5. The molecule has 62 heavy (non-hydrogen) atoms. The third-order valence-corrected chi connectivity index (χ3v) is 12.5. The molecular weight excluding hydrogens is 759 g/mol. The van der Waals surface area contributed by atoms with Gasteiger partial charge in [-0.3, -0.25) is 13.5 Å². The number of nitrogens with zero attached hydrogens (tertiary/aromatic N) is 5. The molecule has 0 N–H and O–H groups in total. The number of rotatable bonds is 11. The van der Waals surface area contributed by atoms with Gasteiger partial charge in [-0.2, -0.15) is 0 Å². The molecule has 6 heteroatoms. The summed E-state index contributed by atoms with van der Waals surface area (Å²) >= 11 is 0. The Kier molecular flexibility index (Phi) is 9.97. The van der Waals surface area contributed by atoms with Crippen LogP contribution < -0.4 is 4.74 Å². The first-order chi connectivity index (χ1) is 30.1. The van der Waals surface area contributed by atoms with Gasteiger partial charge in [-0.05, 0) is 107 Å². The second-order valence-corrected chi connectivity index (χ2v) is 18.5. The van der Waals surface area contributed by atoms with Gasteiger partial charge in [-0.1, -0.05) is 128 Å². The third kappa shape index (κ3) is 6.64. The van der Waals surface area contributed by atoms with Crippen LogP contribution >= 0.6 is 0 Å². The highest BCUT2D eigenvalue weighted by molar-refractivity contribution is 6.13. The van der Waals surface area contributed by atoms with Gasteiger partial charge in [0.2, 0.25) is 5.95 Å². The number of aromatic nitrogens is 5. The Bertz CT molecular complexity index is 3250. The van der Waals surface area contributed by atoms with Gasteiger partial charge in [0.15, 0.2) is 0 Å². The summed E-state index contributed by atoms with van der Waals surface area (Å²) in [6.07, 6.45) is 8.14. The Balaban J connectivity index is 1.13. The van der Waals surface area contributed by atoms with Crippen LogP contribution in [0.2, 0.25) is 0 Å². The largest absolute Gasteiger partial charge is 0.457 e. The normalized spacial score (nSPS) is 12.3. The maximum atomic E-state index is 6.88. The van der Waals surface area contributed by atoms with Gasteiger partial charge >= 0.3 is 0 Å². The number of fused-ring (bicyclic) bond motifs is 9. The maximum Gasteiger partial charge on any atom is 0.219 e. The zero-order chi connectivity index (χ0) is 42.8. The molecule has 10 rings (SSSR count). The molecule has 0 aliphatic carbocycles. The van der Waals surface area contributed by atoms with Crippen molar-refractivity contribution in [2.45, 2.75) is 80.1 Å². The molecule has 0 saturated heterocycles. The van der Waals surface area contributed by atoms with Crippen LogP contribution in [-0.2, 0) is 12.8 Å². The van der Waals surface area contributed by atoms with Crippen molar-refractivity contribution in [2.24, 2.45) is 11.8 Å². The van der Waals surface area contributed by atoms with E-state index in [4.69, 9.17) is 14.7 Å². The van der Waals surface area contributed by atoms with Crippen LogP contribution in [-0.4, -0.2) is 23.5 Å². The molecule has 6 nitrogen and oxygen atoms in total. The first-order valence-electron chi connectivity index (χ1n) is 22.4. The molecule has 0 spiro atoms. The van der Waals surface area contributed by atoms with Gasteiger partial charge in [-0.15, -0.1) is 0 Å². The fourth-order valence-electron chi connectivity index (χ4n) is 9.86. The van der Waals surface area contributed by atoms with Crippen molar-refractivity contribution in [3.63, 3.8) is 0 Å². The molecular formula is C56H55N5O. The lowest BCUT2D eigenvalue weighted by Crippen LogP contribution is -2.11. The highest BCUT2D eigenvalue weighted by atomic mass is 16.5. The minimum absolute atomic E-state index is 0.342. The van der Waals surface area contributed by atoms with Crippen molar-refractivity contribution in [2.75, 3.05) is 0 Å². The predicted octanol–water partition coefficient (Wildman–Crippen LogP) is 15.0. The van der Waals surface area contributed by atoms with E-state index in [0.717, 1.165) is 74.3 Å².